The van der Waals surface area contributed by atoms with Crippen LogP contribution in [0.25, 0.3) is 0 Å². The van der Waals surface area contributed by atoms with E-state index >= 15 is 0 Å². The first kappa shape index (κ1) is 17.4. The van der Waals surface area contributed by atoms with Gasteiger partial charge in [-0.2, -0.15) is 0 Å². The first-order valence-corrected chi connectivity index (χ1v) is 7.53. The summed E-state index contributed by atoms with van der Waals surface area (Å²) in [6.07, 6.45) is 3.11. The first-order valence-electron chi connectivity index (χ1n) is 7.53. The van der Waals surface area contributed by atoms with Crippen LogP contribution in [-0.2, 0) is 4.79 Å². The Bertz CT molecular complexity index is 534. The maximum absolute atomic E-state index is 11.3. The van der Waals surface area contributed by atoms with Gasteiger partial charge in [-0.1, -0.05) is 50.7 Å². The standard InChI is InChI=1S/C18H25NO2/c1-4-10-18(21,11-5-2)12-9-15-7-6-8-16(13-15)17(19)14(3)20/h6-8,13,17,21H,4-5,10-11,19H2,1-3H3. The molecule has 0 saturated heterocycles. The molecule has 0 aliphatic heterocycles. The quantitative estimate of drug-likeness (QED) is 0.791. The van der Waals surface area contributed by atoms with Crippen LogP contribution in [0.2, 0.25) is 0 Å². The van der Waals surface area contributed by atoms with Crippen molar-refractivity contribution >= 4 is 5.78 Å². The molecule has 0 bridgehead atoms. The number of hydrogen-bond donors (Lipinski definition) is 2. The molecule has 21 heavy (non-hydrogen) atoms. The molecule has 1 unspecified atom stereocenters. The van der Waals surface area contributed by atoms with Gasteiger partial charge >= 0.3 is 0 Å². The van der Waals surface area contributed by atoms with E-state index in [1.165, 1.54) is 6.92 Å². The van der Waals surface area contributed by atoms with Crippen molar-refractivity contribution in [3.8, 4) is 11.8 Å². The molecule has 1 rings (SSSR count). The van der Waals surface area contributed by atoms with Crippen molar-refractivity contribution in [2.45, 2.75) is 58.1 Å². The van der Waals surface area contributed by atoms with Crippen molar-refractivity contribution < 1.29 is 9.90 Å². The molecule has 1 atom stereocenters. The second kappa shape index (κ2) is 7.97. The van der Waals surface area contributed by atoms with E-state index in [0.717, 1.165) is 24.0 Å². The summed E-state index contributed by atoms with van der Waals surface area (Å²) in [5.41, 5.74) is 6.44. The van der Waals surface area contributed by atoms with Crippen molar-refractivity contribution in [1.29, 1.82) is 0 Å². The summed E-state index contributed by atoms with van der Waals surface area (Å²) >= 11 is 0. The molecular formula is C18H25NO2. The number of carbonyl (C=O) groups excluding carboxylic acids is 1. The van der Waals surface area contributed by atoms with Crippen molar-refractivity contribution in [2.24, 2.45) is 5.73 Å². The minimum atomic E-state index is -0.928. The number of benzene rings is 1. The average molecular weight is 287 g/mol. The molecule has 0 aliphatic rings. The molecule has 114 valence electrons. The van der Waals surface area contributed by atoms with Gasteiger partial charge in [-0.05, 0) is 37.5 Å². The minimum Gasteiger partial charge on any atom is -0.378 e. The van der Waals surface area contributed by atoms with Crippen LogP contribution in [-0.4, -0.2) is 16.5 Å². The Morgan fingerprint density at radius 3 is 2.48 bits per heavy atom. The molecule has 3 nitrogen and oxygen atoms in total. The Balaban J connectivity index is 3.00. The lowest BCUT2D eigenvalue weighted by Crippen LogP contribution is -2.25. The van der Waals surface area contributed by atoms with Crippen LogP contribution < -0.4 is 5.73 Å². The molecule has 1 aromatic rings. The van der Waals surface area contributed by atoms with Gasteiger partial charge in [0.1, 0.15) is 5.60 Å². The van der Waals surface area contributed by atoms with Gasteiger partial charge in [0.15, 0.2) is 5.78 Å². The summed E-state index contributed by atoms with van der Waals surface area (Å²) in [6, 6.07) is 6.72. The highest BCUT2D eigenvalue weighted by Gasteiger charge is 2.21. The zero-order chi connectivity index (χ0) is 15.9. The average Bonchev–Trinajstić information content (AvgIpc) is 2.45. The van der Waals surface area contributed by atoms with E-state index in [0.29, 0.717) is 12.8 Å². The minimum absolute atomic E-state index is 0.0754. The van der Waals surface area contributed by atoms with E-state index in [4.69, 9.17) is 5.73 Å². The fourth-order valence-corrected chi connectivity index (χ4v) is 2.31. The molecule has 0 saturated carbocycles. The van der Waals surface area contributed by atoms with Gasteiger partial charge in [-0.15, -0.1) is 0 Å². The maximum Gasteiger partial charge on any atom is 0.150 e. The second-order valence-electron chi connectivity index (χ2n) is 5.50. The van der Waals surface area contributed by atoms with Gasteiger partial charge < -0.3 is 10.8 Å². The van der Waals surface area contributed by atoms with Gasteiger partial charge in [0.25, 0.3) is 0 Å². The van der Waals surface area contributed by atoms with E-state index in [2.05, 4.69) is 11.8 Å². The Labute approximate surface area is 127 Å². The van der Waals surface area contributed by atoms with Crippen LogP contribution in [0.3, 0.4) is 0 Å². The van der Waals surface area contributed by atoms with E-state index in [-0.39, 0.29) is 5.78 Å². The van der Waals surface area contributed by atoms with Crippen LogP contribution in [0.1, 0.15) is 63.6 Å². The highest BCUT2D eigenvalue weighted by Crippen LogP contribution is 2.19. The van der Waals surface area contributed by atoms with Crippen molar-refractivity contribution in [3.63, 3.8) is 0 Å². The first-order chi connectivity index (χ1) is 9.91. The second-order valence-corrected chi connectivity index (χ2v) is 5.50. The van der Waals surface area contributed by atoms with Crippen LogP contribution in [0.5, 0.6) is 0 Å². The number of aliphatic hydroxyl groups is 1. The number of Topliss-reactive ketones (excluding diaryl/α,β-unsaturated/α-hetero) is 1. The Hall–Kier alpha value is -1.63. The summed E-state index contributed by atoms with van der Waals surface area (Å²) in [6.45, 7) is 5.55. The predicted octanol–water partition coefficient (Wildman–Crippen LogP) is 2.96. The molecule has 3 N–H and O–H groups in total. The predicted molar refractivity (Wildman–Crippen MR) is 85.7 cm³/mol. The SMILES string of the molecule is CCCC(O)(C#Cc1cccc(C(N)C(C)=O)c1)CCC. The lowest BCUT2D eigenvalue weighted by molar-refractivity contribution is -0.118. The molecular weight excluding hydrogens is 262 g/mol. The summed E-state index contributed by atoms with van der Waals surface area (Å²) in [7, 11) is 0. The van der Waals surface area contributed by atoms with Gasteiger partial charge in [0.05, 0.1) is 6.04 Å². The van der Waals surface area contributed by atoms with Crippen LogP contribution >= 0.6 is 0 Å². The van der Waals surface area contributed by atoms with Crippen LogP contribution in [0.4, 0.5) is 0 Å². The summed E-state index contributed by atoms with van der Waals surface area (Å²) < 4.78 is 0. The fraction of sp³-hybridized carbons (Fsp3) is 0.500. The number of nitrogens with two attached hydrogens (primary N) is 1. The highest BCUT2D eigenvalue weighted by molar-refractivity contribution is 5.82. The third kappa shape index (κ3) is 5.34. The zero-order valence-corrected chi connectivity index (χ0v) is 13.1. The molecule has 0 fully saturated rings. The van der Waals surface area contributed by atoms with Crippen LogP contribution in [0, 0.1) is 11.8 Å². The van der Waals surface area contributed by atoms with Crippen LogP contribution in [0.15, 0.2) is 24.3 Å². The molecule has 0 amide bonds. The lowest BCUT2D eigenvalue weighted by Gasteiger charge is -2.20. The number of ketones is 1. The van der Waals surface area contributed by atoms with Crippen molar-refractivity contribution in [2.75, 3.05) is 0 Å². The topological polar surface area (TPSA) is 63.3 Å². The molecule has 0 spiro atoms. The smallest absolute Gasteiger partial charge is 0.150 e. The normalized spacial score (nSPS) is 12.4. The highest BCUT2D eigenvalue weighted by atomic mass is 16.3. The third-order valence-electron chi connectivity index (χ3n) is 3.45. The zero-order valence-electron chi connectivity index (χ0n) is 13.1. The molecule has 1 aromatic carbocycles. The van der Waals surface area contributed by atoms with Gasteiger partial charge in [0, 0.05) is 5.56 Å². The Kier molecular flexibility index (Phi) is 6.61. The van der Waals surface area contributed by atoms with Gasteiger partial charge in [-0.3, -0.25) is 4.79 Å². The van der Waals surface area contributed by atoms with Crippen molar-refractivity contribution in [1.82, 2.24) is 0 Å². The largest absolute Gasteiger partial charge is 0.378 e. The lowest BCUT2D eigenvalue weighted by atomic mass is 9.93. The van der Waals surface area contributed by atoms with E-state index in [9.17, 15) is 9.90 Å². The molecule has 0 radical (unpaired) electrons. The van der Waals surface area contributed by atoms with Gasteiger partial charge in [0.2, 0.25) is 0 Å². The molecule has 3 heteroatoms. The monoisotopic (exact) mass is 287 g/mol. The molecule has 0 heterocycles. The number of rotatable bonds is 6. The maximum atomic E-state index is 11.3. The fourth-order valence-electron chi connectivity index (χ4n) is 2.31. The van der Waals surface area contributed by atoms with E-state index in [1.807, 2.05) is 38.1 Å². The number of carbonyl (C=O) groups is 1. The Morgan fingerprint density at radius 2 is 1.95 bits per heavy atom. The summed E-state index contributed by atoms with van der Waals surface area (Å²) in [4.78, 5) is 11.3. The van der Waals surface area contributed by atoms with E-state index < -0.39 is 11.6 Å². The van der Waals surface area contributed by atoms with Gasteiger partial charge in [-0.25, -0.2) is 0 Å². The Morgan fingerprint density at radius 1 is 1.33 bits per heavy atom. The number of hydrogen-bond acceptors (Lipinski definition) is 3. The van der Waals surface area contributed by atoms with E-state index in [1.54, 1.807) is 0 Å². The molecule has 0 aromatic heterocycles. The summed E-state index contributed by atoms with van der Waals surface area (Å²) in [5.74, 6) is 5.94. The van der Waals surface area contributed by atoms with Crippen molar-refractivity contribution in [3.05, 3.63) is 35.4 Å². The summed E-state index contributed by atoms with van der Waals surface area (Å²) in [5, 5.41) is 10.5. The third-order valence-corrected chi connectivity index (χ3v) is 3.45. The molecule has 0 aliphatic carbocycles.